The highest BCUT2D eigenvalue weighted by Gasteiger charge is 2.28. The van der Waals surface area contributed by atoms with E-state index in [1.807, 2.05) is 69.7 Å². The summed E-state index contributed by atoms with van der Waals surface area (Å²) in [6.07, 6.45) is -0.329. The SMILES string of the molecule is CCC(C)(C)C(=O)NCCC[N+](C)(C)CC(O)CC(=O)[O-].CCC(C)(C)C(=O)OCC[N+](C)(C)CC(O)CC(=O)[O-]. The molecule has 0 aliphatic carbocycles. The van der Waals surface area contributed by atoms with Gasteiger partial charge in [-0.15, -0.1) is 0 Å². The van der Waals surface area contributed by atoms with Gasteiger partial charge in [-0.2, -0.15) is 0 Å². The van der Waals surface area contributed by atoms with Gasteiger partial charge in [0.15, 0.2) is 0 Å². The molecule has 0 bridgehead atoms. The molecule has 242 valence electrons. The molecule has 0 aliphatic rings. The lowest BCUT2D eigenvalue weighted by Gasteiger charge is -2.32. The predicted molar refractivity (Wildman–Crippen MR) is 152 cm³/mol. The van der Waals surface area contributed by atoms with Gasteiger partial charge >= 0.3 is 5.97 Å². The Morgan fingerprint density at radius 3 is 1.59 bits per heavy atom. The fourth-order valence-electron chi connectivity index (χ4n) is 3.67. The van der Waals surface area contributed by atoms with E-state index < -0.39 is 29.6 Å². The van der Waals surface area contributed by atoms with E-state index in [0.717, 1.165) is 19.4 Å². The summed E-state index contributed by atoms with van der Waals surface area (Å²) >= 11 is 0. The number of rotatable bonds is 19. The maximum atomic E-state index is 11.9. The van der Waals surface area contributed by atoms with Gasteiger partial charge in [0.1, 0.15) is 38.4 Å². The number of likely N-dealkylation sites (N-methyl/N-ethyl adjacent to an activating group) is 2. The van der Waals surface area contributed by atoms with Crippen LogP contribution in [0.5, 0.6) is 0 Å². The van der Waals surface area contributed by atoms with E-state index in [1.54, 1.807) is 0 Å². The second kappa shape index (κ2) is 18.3. The Hall–Kier alpha value is -2.28. The van der Waals surface area contributed by atoms with Gasteiger partial charge in [-0.1, -0.05) is 27.7 Å². The van der Waals surface area contributed by atoms with Crippen LogP contribution < -0.4 is 15.5 Å². The molecule has 0 aromatic heterocycles. The molecule has 0 spiro atoms. The zero-order chi connectivity index (χ0) is 32.7. The number of hydrogen-bond acceptors (Lipinski definition) is 9. The van der Waals surface area contributed by atoms with E-state index >= 15 is 0 Å². The third-order valence-electron chi connectivity index (χ3n) is 7.31. The van der Waals surface area contributed by atoms with E-state index in [2.05, 4.69) is 5.32 Å². The number of nitrogens with zero attached hydrogens (tertiary/aromatic N) is 2. The largest absolute Gasteiger partial charge is 0.550 e. The number of nitrogens with one attached hydrogen (secondary N) is 1. The molecule has 2 atom stereocenters. The number of carbonyl (C=O) groups is 4. The lowest BCUT2D eigenvalue weighted by atomic mass is 9.89. The van der Waals surface area contributed by atoms with Crippen LogP contribution in [0.25, 0.3) is 0 Å². The van der Waals surface area contributed by atoms with Crippen molar-refractivity contribution in [2.75, 3.05) is 67.5 Å². The van der Waals surface area contributed by atoms with Gasteiger partial charge in [-0.05, 0) is 26.7 Å². The lowest BCUT2D eigenvalue weighted by molar-refractivity contribution is -0.893. The van der Waals surface area contributed by atoms with Crippen LogP contribution in [0.1, 0.15) is 73.6 Å². The van der Waals surface area contributed by atoms with Crippen molar-refractivity contribution in [3.63, 3.8) is 0 Å². The van der Waals surface area contributed by atoms with Crippen molar-refractivity contribution >= 4 is 23.8 Å². The number of quaternary nitrogens is 2. The molecule has 0 aromatic carbocycles. The van der Waals surface area contributed by atoms with Crippen LogP contribution in [-0.2, 0) is 23.9 Å². The number of carbonyl (C=O) groups excluding carboxylic acids is 4. The number of aliphatic hydroxyl groups is 2. The second-order valence-corrected chi connectivity index (χ2v) is 13.4. The first-order valence-electron chi connectivity index (χ1n) is 14.4. The zero-order valence-electron chi connectivity index (χ0n) is 27.1. The fraction of sp³-hybridized carbons (Fsp3) is 0.862. The van der Waals surface area contributed by atoms with Crippen LogP contribution in [0.15, 0.2) is 0 Å². The first-order chi connectivity index (χ1) is 18.5. The van der Waals surface area contributed by atoms with Gasteiger partial charge < -0.3 is 49.0 Å². The number of esters is 1. The summed E-state index contributed by atoms with van der Waals surface area (Å²) in [6.45, 7) is 14.1. The Kier molecular flexibility index (Phi) is 18.2. The molecule has 0 heterocycles. The Balaban J connectivity index is 0. The molecule has 12 heteroatoms. The zero-order valence-corrected chi connectivity index (χ0v) is 27.1. The molecule has 0 rings (SSSR count). The summed E-state index contributed by atoms with van der Waals surface area (Å²) in [4.78, 5) is 44.5. The second-order valence-electron chi connectivity index (χ2n) is 13.4. The van der Waals surface area contributed by atoms with Gasteiger partial charge in [0.25, 0.3) is 0 Å². The Labute approximate surface area is 246 Å². The van der Waals surface area contributed by atoms with Crippen molar-refractivity contribution in [1.82, 2.24) is 5.32 Å². The smallest absolute Gasteiger partial charge is 0.311 e. The summed E-state index contributed by atoms with van der Waals surface area (Å²) in [6, 6.07) is 0. The molecular formula is C29H57N3O9. The number of aliphatic hydroxyl groups excluding tert-OH is 2. The molecule has 1 amide bonds. The van der Waals surface area contributed by atoms with Crippen molar-refractivity contribution in [2.24, 2.45) is 10.8 Å². The molecule has 12 nitrogen and oxygen atoms in total. The minimum Gasteiger partial charge on any atom is -0.550 e. The van der Waals surface area contributed by atoms with Crippen LogP contribution in [0.2, 0.25) is 0 Å². The van der Waals surface area contributed by atoms with E-state index in [-0.39, 0.29) is 43.3 Å². The Morgan fingerprint density at radius 2 is 1.20 bits per heavy atom. The summed E-state index contributed by atoms with van der Waals surface area (Å²) < 4.78 is 6.10. The fourth-order valence-corrected chi connectivity index (χ4v) is 3.67. The first kappa shape index (κ1) is 40.9. The monoisotopic (exact) mass is 591 g/mol. The van der Waals surface area contributed by atoms with Crippen molar-refractivity contribution in [2.45, 2.75) is 85.9 Å². The molecule has 0 aromatic rings. The van der Waals surface area contributed by atoms with Crippen LogP contribution >= 0.6 is 0 Å². The van der Waals surface area contributed by atoms with E-state index in [1.165, 1.54) is 0 Å². The van der Waals surface area contributed by atoms with Gasteiger partial charge in [0.05, 0.1) is 40.2 Å². The molecule has 2 unspecified atom stereocenters. The third kappa shape index (κ3) is 20.3. The summed E-state index contributed by atoms with van der Waals surface area (Å²) in [7, 11) is 7.54. The lowest BCUT2D eigenvalue weighted by Crippen LogP contribution is -2.48. The van der Waals surface area contributed by atoms with Crippen molar-refractivity contribution in [3.05, 3.63) is 0 Å². The standard InChI is InChI=1S/C15H30N2O4.C14H27NO5/c1-6-15(2,3)14(21)16-8-7-9-17(4,5)11-12(18)10-13(19)20;1-6-14(2,3)13(19)20-8-7-15(4,5)10-11(16)9-12(17)18/h12,18H,6-11H2,1-5H3,(H-,16,19,20,21);11,16H,6-10H2,1-5H3. The number of ether oxygens (including phenoxy) is 1. The number of aliphatic carboxylic acids is 2. The first-order valence-corrected chi connectivity index (χ1v) is 14.4. The molecule has 0 aliphatic heterocycles. The van der Waals surface area contributed by atoms with Gasteiger partial charge in [-0.25, -0.2) is 0 Å². The minimum atomic E-state index is -1.27. The van der Waals surface area contributed by atoms with E-state index in [0.29, 0.717) is 35.0 Å². The summed E-state index contributed by atoms with van der Waals surface area (Å²) in [5, 5.41) is 43.0. The number of carboxylic acid groups (broad SMARTS) is 2. The van der Waals surface area contributed by atoms with Gasteiger partial charge in [0.2, 0.25) is 5.91 Å². The normalized spacial score (nSPS) is 13.9. The molecule has 0 saturated carbocycles. The average molecular weight is 592 g/mol. The van der Waals surface area contributed by atoms with Crippen molar-refractivity contribution < 1.29 is 53.3 Å². The Morgan fingerprint density at radius 1 is 0.780 bits per heavy atom. The highest BCUT2D eigenvalue weighted by atomic mass is 16.5. The topological polar surface area (TPSA) is 176 Å². The van der Waals surface area contributed by atoms with E-state index in [4.69, 9.17) is 4.74 Å². The molecule has 0 fully saturated rings. The van der Waals surface area contributed by atoms with Crippen molar-refractivity contribution in [1.29, 1.82) is 0 Å². The summed E-state index contributed by atoms with van der Waals surface area (Å²) in [5.41, 5.74) is -0.847. The van der Waals surface area contributed by atoms with Crippen molar-refractivity contribution in [3.8, 4) is 0 Å². The Bertz CT molecular complexity index is 826. The maximum Gasteiger partial charge on any atom is 0.311 e. The predicted octanol–water partition coefficient (Wildman–Crippen LogP) is -0.951. The quantitative estimate of drug-likeness (QED) is 0.0971. The van der Waals surface area contributed by atoms with E-state index in [9.17, 15) is 39.6 Å². The van der Waals surface area contributed by atoms with Crippen LogP contribution in [0, 0.1) is 10.8 Å². The van der Waals surface area contributed by atoms with Crippen LogP contribution in [0.4, 0.5) is 0 Å². The molecule has 3 N–H and O–H groups in total. The highest BCUT2D eigenvalue weighted by Crippen LogP contribution is 2.21. The minimum absolute atomic E-state index is 0.0484. The summed E-state index contributed by atoms with van der Waals surface area (Å²) in [5.74, 6) is -2.70. The molecule has 0 saturated heterocycles. The average Bonchev–Trinajstić information content (AvgIpc) is 2.79. The molecule has 0 radical (unpaired) electrons. The van der Waals surface area contributed by atoms with Gasteiger partial charge in [-0.3, -0.25) is 9.59 Å². The number of hydrogen-bond donors (Lipinski definition) is 3. The molecule has 41 heavy (non-hydrogen) atoms. The number of amides is 1. The van der Waals surface area contributed by atoms with Crippen LogP contribution in [-0.4, -0.2) is 123 Å². The molecular weight excluding hydrogens is 534 g/mol. The maximum absolute atomic E-state index is 11.9. The third-order valence-corrected chi connectivity index (χ3v) is 7.31. The van der Waals surface area contributed by atoms with Crippen LogP contribution in [0.3, 0.4) is 0 Å². The number of carboxylic acids is 2. The highest BCUT2D eigenvalue weighted by molar-refractivity contribution is 5.81. The van der Waals surface area contributed by atoms with Gasteiger partial charge in [0, 0.05) is 43.2 Å².